The number of nitrogens with one attached hydrogen (secondary N) is 6. The average molecular weight is 1260 g/mol. The van der Waals surface area contributed by atoms with Gasteiger partial charge < -0.3 is 70.6 Å². The average Bonchev–Trinajstić information content (AvgIpc) is 2.45. The molecule has 468 valence electrons. The quantitative estimate of drug-likeness (QED) is 0.00754. The first-order chi connectivity index (χ1) is 40.5. The third kappa shape index (κ3) is 24.5. The minimum absolute atomic E-state index is 0.0284. The molecule has 0 aliphatic rings. The first-order valence-electron chi connectivity index (χ1n) is 24.9. The Kier molecular flexibility index (Phi) is 27.3. The maximum atomic E-state index is 13.6. The van der Waals surface area contributed by atoms with E-state index in [4.69, 9.17) is 50.7 Å². The number of anilines is 2. The van der Waals surface area contributed by atoms with Crippen LogP contribution in [0.3, 0.4) is 0 Å². The van der Waals surface area contributed by atoms with Crippen molar-refractivity contribution in [1.82, 2.24) is 18.1 Å². The summed E-state index contributed by atoms with van der Waals surface area (Å²) < 4.78 is 133. The van der Waals surface area contributed by atoms with Gasteiger partial charge in [0.2, 0.25) is 0 Å². The van der Waals surface area contributed by atoms with Crippen molar-refractivity contribution in [1.29, 1.82) is 10.8 Å². The number of nitrogens with zero attached hydrogens (tertiary/aromatic N) is 2. The topological polar surface area (TPSA) is 467 Å². The fraction of sp³-hybridized carbons (Fsp3) is 0.340. The Hall–Kier alpha value is -8.72. The van der Waals surface area contributed by atoms with Crippen LogP contribution in [0.25, 0.3) is 0 Å². The summed E-state index contributed by atoms with van der Waals surface area (Å²) in [6.07, 6.45) is -8.31. The normalized spacial score (nSPS) is 12.4. The Balaban J connectivity index is 1.22. The number of alkyl halides is 3. The number of carbonyl (C=O) groups is 7. The fourth-order valence-corrected chi connectivity index (χ4v) is 9.66. The molecule has 0 aliphatic carbocycles. The van der Waals surface area contributed by atoms with Crippen molar-refractivity contribution < 1.29 is 112 Å². The summed E-state index contributed by atoms with van der Waals surface area (Å²) in [6, 6.07) is 18.0. The number of guanidine groups is 2. The number of esters is 4. The highest BCUT2D eigenvalue weighted by Gasteiger charge is 2.44. The number of hydrogen-bond acceptors (Lipinski definition) is 20. The van der Waals surface area contributed by atoms with Crippen molar-refractivity contribution in [3.63, 3.8) is 0 Å². The van der Waals surface area contributed by atoms with E-state index in [1.807, 2.05) is 0 Å². The standard InChI is InChI=1S/C50H59F3N10O21S2/c51-50(52,53)47(73)84-42(66)28-40(44(69)70)63(86(76,77)59-30-32-3-15-38(16-4-32)83-46(72)34-7-11-36(12-8-34)61-49(56)57)18-20-79-22-24-81-26-25-80-23-21-78-19-17-62(39(43(67)68)27-41(64)65)85(74,75)58-29-31-1-13-37(14-2-31)82-45(71)33-5-9-35(10-6-33)60-48(54)55/h1-16,39-40,58-59H,17-30H2,(H,64,65)(H,67,68)(H,69,70)(H4,54,55,60)(H4,56,57,61)/t39-,40-/m0/s1. The number of hydrogen-bond donors (Lipinski definition) is 11. The van der Waals surface area contributed by atoms with Gasteiger partial charge >= 0.3 is 48.0 Å². The van der Waals surface area contributed by atoms with Gasteiger partial charge in [0, 0.05) is 37.6 Å². The number of benzene rings is 4. The number of rotatable bonds is 37. The number of nitrogens with two attached hydrogens (primary N) is 2. The lowest BCUT2D eigenvalue weighted by atomic mass is 10.2. The van der Waals surface area contributed by atoms with Gasteiger partial charge in [-0.1, -0.05) is 24.3 Å². The highest BCUT2D eigenvalue weighted by atomic mass is 32.2. The number of ether oxygens (including phenoxy) is 7. The van der Waals surface area contributed by atoms with E-state index in [1.165, 1.54) is 97.1 Å². The third-order valence-corrected chi connectivity index (χ3v) is 14.2. The van der Waals surface area contributed by atoms with Gasteiger partial charge in [0.05, 0.1) is 76.8 Å². The van der Waals surface area contributed by atoms with Crippen LogP contribution >= 0.6 is 0 Å². The second-order valence-electron chi connectivity index (χ2n) is 17.4. The SMILES string of the molecule is N=C(N)Nc1ccc(C(=O)Oc2ccc(CNS(=O)(=O)N(CCOCCOCCOCCOCCN([C@@H](CC(=O)OC(=O)C(F)(F)F)C(=O)O)S(=O)(=O)NCc3ccc(OC(=O)c4ccc(NC(=N)N)cc4)cc3)[C@@H](CC(=O)O)C(=O)O)cc2)cc1. The number of halogens is 3. The molecule has 4 aromatic rings. The Morgan fingerprint density at radius 2 is 0.860 bits per heavy atom. The van der Waals surface area contributed by atoms with Gasteiger partial charge in [-0.2, -0.15) is 48.1 Å². The van der Waals surface area contributed by atoms with Crippen LogP contribution in [-0.2, 0) is 81.2 Å². The van der Waals surface area contributed by atoms with Gasteiger partial charge in [-0.3, -0.25) is 30.0 Å². The van der Waals surface area contributed by atoms with Gasteiger partial charge in [-0.25, -0.2) is 14.4 Å². The highest BCUT2D eigenvalue weighted by Crippen LogP contribution is 2.21. The Morgan fingerprint density at radius 3 is 1.17 bits per heavy atom. The summed E-state index contributed by atoms with van der Waals surface area (Å²) in [5, 5.41) is 48.8. The van der Waals surface area contributed by atoms with Crippen LogP contribution in [0.4, 0.5) is 24.5 Å². The van der Waals surface area contributed by atoms with E-state index in [-0.39, 0.29) is 84.1 Å². The molecule has 0 saturated carbocycles. The lowest BCUT2D eigenvalue weighted by Crippen LogP contribution is -2.52. The van der Waals surface area contributed by atoms with Gasteiger partial charge in [-0.15, -0.1) is 0 Å². The zero-order valence-corrected chi connectivity index (χ0v) is 46.6. The molecule has 0 saturated heterocycles. The molecule has 0 spiro atoms. The second kappa shape index (κ2) is 33.7. The summed E-state index contributed by atoms with van der Waals surface area (Å²) in [6.45, 7) is -4.17. The predicted octanol–water partition coefficient (Wildman–Crippen LogP) is 1.18. The first kappa shape index (κ1) is 69.8. The van der Waals surface area contributed by atoms with Gasteiger partial charge in [0.25, 0.3) is 20.4 Å². The Labute approximate surface area is 487 Å². The van der Waals surface area contributed by atoms with Crippen molar-refractivity contribution in [2.45, 2.75) is 44.2 Å². The molecule has 0 amide bonds. The van der Waals surface area contributed by atoms with Gasteiger partial charge in [0.15, 0.2) is 11.9 Å². The second-order valence-corrected chi connectivity index (χ2v) is 20.8. The van der Waals surface area contributed by atoms with Crippen LogP contribution in [0.15, 0.2) is 97.1 Å². The Morgan fingerprint density at radius 1 is 0.523 bits per heavy atom. The zero-order valence-electron chi connectivity index (χ0n) is 45.0. The molecule has 4 aromatic carbocycles. The van der Waals surface area contributed by atoms with Crippen LogP contribution in [0, 0.1) is 10.8 Å². The molecule has 2 atom stereocenters. The lowest BCUT2D eigenvalue weighted by molar-refractivity contribution is -0.202. The third-order valence-electron chi connectivity index (χ3n) is 11.1. The molecule has 0 fully saturated rings. The number of carboxylic acid groups (broad SMARTS) is 3. The predicted molar refractivity (Wildman–Crippen MR) is 292 cm³/mol. The summed E-state index contributed by atoms with van der Waals surface area (Å²) >= 11 is 0. The molecule has 0 aliphatic heterocycles. The molecule has 36 heteroatoms. The zero-order chi connectivity index (χ0) is 63.6. The van der Waals surface area contributed by atoms with E-state index in [1.54, 1.807) is 0 Å². The highest BCUT2D eigenvalue weighted by molar-refractivity contribution is 7.87. The smallest absolute Gasteiger partial charge is 0.481 e. The Bertz CT molecular complexity index is 3220. The van der Waals surface area contributed by atoms with Gasteiger partial charge in [0.1, 0.15) is 23.6 Å². The van der Waals surface area contributed by atoms with Crippen molar-refractivity contribution in [2.75, 3.05) is 76.6 Å². The number of aliphatic carboxylic acids is 3. The summed E-state index contributed by atoms with van der Waals surface area (Å²) in [5.41, 5.74) is 12.3. The largest absolute Gasteiger partial charge is 0.491 e. The van der Waals surface area contributed by atoms with Crippen LogP contribution in [0.2, 0.25) is 0 Å². The van der Waals surface area contributed by atoms with E-state index < -0.39 is 133 Å². The number of carboxylic acids is 3. The first-order valence-corrected chi connectivity index (χ1v) is 27.8. The minimum atomic E-state index is -5.65. The lowest BCUT2D eigenvalue weighted by Gasteiger charge is -2.27. The summed E-state index contributed by atoms with van der Waals surface area (Å²) in [5.74, 6) is -12.4. The maximum absolute atomic E-state index is 13.6. The van der Waals surface area contributed by atoms with E-state index in [0.29, 0.717) is 21.2 Å². The minimum Gasteiger partial charge on any atom is -0.481 e. The molecule has 0 heterocycles. The summed E-state index contributed by atoms with van der Waals surface area (Å²) in [4.78, 5) is 84.8. The van der Waals surface area contributed by atoms with Crippen LogP contribution < -0.4 is 41.0 Å². The fourth-order valence-electron chi connectivity index (χ4n) is 7.00. The molecule has 0 radical (unpaired) electrons. The van der Waals surface area contributed by atoms with Crippen molar-refractivity contribution in [3.05, 3.63) is 119 Å². The number of carbonyl (C=O) groups excluding carboxylic acids is 4. The monoisotopic (exact) mass is 1260 g/mol. The molecule has 13 N–H and O–H groups in total. The van der Waals surface area contributed by atoms with Gasteiger partial charge in [-0.05, 0) is 83.9 Å². The van der Waals surface area contributed by atoms with Crippen molar-refractivity contribution in [2.24, 2.45) is 11.5 Å². The van der Waals surface area contributed by atoms with E-state index in [9.17, 15) is 78.9 Å². The van der Waals surface area contributed by atoms with E-state index >= 15 is 0 Å². The molecule has 0 unspecified atom stereocenters. The molecule has 0 aromatic heterocycles. The van der Waals surface area contributed by atoms with E-state index in [2.05, 4.69) is 24.8 Å². The summed E-state index contributed by atoms with van der Waals surface area (Å²) in [7, 11) is -9.66. The van der Waals surface area contributed by atoms with E-state index in [0.717, 1.165) is 0 Å². The maximum Gasteiger partial charge on any atom is 0.491 e. The molecule has 31 nitrogen and oxygen atoms in total. The van der Waals surface area contributed by atoms with Crippen molar-refractivity contribution >= 4 is 85.5 Å². The van der Waals surface area contributed by atoms with Crippen LogP contribution in [0.1, 0.15) is 44.7 Å². The molecule has 4 rings (SSSR count). The molecule has 0 bridgehead atoms. The van der Waals surface area contributed by atoms with Crippen LogP contribution in [-0.4, -0.2) is 179 Å². The molecular formula is C50H59F3N10O21S2. The van der Waals surface area contributed by atoms with Crippen LogP contribution in [0.5, 0.6) is 11.5 Å². The van der Waals surface area contributed by atoms with Crippen molar-refractivity contribution in [3.8, 4) is 11.5 Å². The molecular weight excluding hydrogens is 1200 g/mol. The molecule has 86 heavy (non-hydrogen) atoms.